The van der Waals surface area contributed by atoms with E-state index in [1.165, 1.54) is 16.7 Å². The number of benzene rings is 1. The highest BCUT2D eigenvalue weighted by molar-refractivity contribution is 7.09. The molecule has 5 nitrogen and oxygen atoms in total. The van der Waals surface area contributed by atoms with E-state index in [4.69, 9.17) is 9.84 Å². The molecule has 2 heterocycles. The highest BCUT2D eigenvalue weighted by atomic mass is 32.1. The van der Waals surface area contributed by atoms with E-state index in [9.17, 15) is 4.79 Å². The first-order valence-electron chi connectivity index (χ1n) is 5.98. The van der Waals surface area contributed by atoms with Crippen molar-refractivity contribution in [2.75, 3.05) is 7.11 Å². The number of fused-ring (bicyclic) bond motifs is 1. The largest absolute Gasteiger partial charge is 0.476 e. The number of thiazole rings is 1. The zero-order valence-electron chi connectivity index (χ0n) is 10.7. The third-order valence-corrected chi connectivity index (χ3v) is 3.99. The van der Waals surface area contributed by atoms with Crippen LogP contribution in [-0.2, 0) is 4.74 Å². The number of carboxylic acids is 1. The third kappa shape index (κ3) is 2.09. The molecule has 0 aliphatic carbocycles. The van der Waals surface area contributed by atoms with E-state index < -0.39 is 5.97 Å². The molecular formula is C14H12N2O3S. The van der Waals surface area contributed by atoms with E-state index >= 15 is 0 Å². The highest BCUT2D eigenvalue weighted by Gasteiger charge is 2.22. The molecule has 2 aromatic heterocycles. The maximum atomic E-state index is 10.9. The van der Waals surface area contributed by atoms with Gasteiger partial charge in [0.1, 0.15) is 11.1 Å². The van der Waals surface area contributed by atoms with Gasteiger partial charge in [-0.15, -0.1) is 11.3 Å². The van der Waals surface area contributed by atoms with Gasteiger partial charge in [0.05, 0.1) is 0 Å². The Hall–Kier alpha value is -2.18. The SMILES string of the molecule is COC(c1nc(C(=O)O)cs1)c1c[nH]c2ccccc12. The summed E-state index contributed by atoms with van der Waals surface area (Å²) in [6.07, 6.45) is 1.50. The van der Waals surface area contributed by atoms with Gasteiger partial charge >= 0.3 is 5.97 Å². The summed E-state index contributed by atoms with van der Waals surface area (Å²) in [4.78, 5) is 18.2. The van der Waals surface area contributed by atoms with Crippen LogP contribution in [0, 0.1) is 0 Å². The van der Waals surface area contributed by atoms with Crippen LogP contribution in [0.25, 0.3) is 10.9 Å². The molecular weight excluding hydrogens is 276 g/mol. The molecule has 0 saturated carbocycles. The first kappa shape index (κ1) is 12.8. The second kappa shape index (κ2) is 5.07. The first-order chi connectivity index (χ1) is 9.70. The Morgan fingerprint density at radius 2 is 2.25 bits per heavy atom. The molecule has 102 valence electrons. The first-order valence-corrected chi connectivity index (χ1v) is 6.86. The van der Waals surface area contributed by atoms with Crippen LogP contribution in [0.1, 0.15) is 27.2 Å². The van der Waals surface area contributed by atoms with Crippen LogP contribution in [-0.4, -0.2) is 28.2 Å². The zero-order valence-corrected chi connectivity index (χ0v) is 11.5. The minimum atomic E-state index is -1.03. The topological polar surface area (TPSA) is 75.2 Å². The summed E-state index contributed by atoms with van der Waals surface area (Å²) in [6.45, 7) is 0. The molecule has 0 radical (unpaired) electrons. The van der Waals surface area contributed by atoms with Crippen molar-refractivity contribution < 1.29 is 14.6 Å². The number of hydrogen-bond acceptors (Lipinski definition) is 4. The lowest BCUT2D eigenvalue weighted by atomic mass is 10.1. The number of hydrogen-bond donors (Lipinski definition) is 2. The van der Waals surface area contributed by atoms with Gasteiger partial charge in [0, 0.05) is 35.2 Å². The van der Waals surface area contributed by atoms with Crippen molar-refractivity contribution in [3.05, 3.63) is 52.1 Å². The smallest absolute Gasteiger partial charge is 0.355 e. The van der Waals surface area contributed by atoms with Crippen LogP contribution in [0.15, 0.2) is 35.8 Å². The Kier molecular flexibility index (Phi) is 3.25. The van der Waals surface area contributed by atoms with Crippen LogP contribution in [0.5, 0.6) is 0 Å². The number of aromatic carboxylic acids is 1. The maximum Gasteiger partial charge on any atom is 0.355 e. The Labute approximate surface area is 118 Å². The summed E-state index contributed by atoms with van der Waals surface area (Å²) in [5, 5.41) is 12.2. The fraction of sp³-hybridized carbons (Fsp3) is 0.143. The van der Waals surface area contributed by atoms with Gasteiger partial charge in [-0.05, 0) is 6.07 Å². The number of carboxylic acid groups (broad SMARTS) is 1. The molecule has 20 heavy (non-hydrogen) atoms. The lowest BCUT2D eigenvalue weighted by molar-refractivity contribution is 0.0690. The molecule has 1 aromatic carbocycles. The van der Waals surface area contributed by atoms with Gasteiger partial charge in [-0.25, -0.2) is 9.78 Å². The lowest BCUT2D eigenvalue weighted by Gasteiger charge is -2.11. The molecule has 3 aromatic rings. The molecule has 0 saturated heterocycles. The third-order valence-electron chi connectivity index (χ3n) is 3.10. The number of para-hydroxylation sites is 1. The number of ether oxygens (including phenoxy) is 1. The van der Waals surface area contributed by atoms with Gasteiger partial charge < -0.3 is 14.8 Å². The average Bonchev–Trinajstić information content (AvgIpc) is 3.08. The normalized spacial score (nSPS) is 12.7. The number of rotatable bonds is 4. The summed E-state index contributed by atoms with van der Waals surface area (Å²) >= 11 is 1.29. The van der Waals surface area contributed by atoms with Gasteiger partial charge in [0.15, 0.2) is 5.69 Å². The fourth-order valence-corrected chi connectivity index (χ4v) is 3.06. The molecule has 6 heteroatoms. The fourth-order valence-electron chi connectivity index (χ4n) is 2.18. The number of methoxy groups -OCH3 is 1. The van der Waals surface area contributed by atoms with Crippen LogP contribution in [0.2, 0.25) is 0 Å². The van der Waals surface area contributed by atoms with Gasteiger partial charge in [-0.2, -0.15) is 0 Å². The molecule has 1 unspecified atom stereocenters. The molecule has 3 rings (SSSR count). The minimum absolute atomic E-state index is 0.0480. The van der Waals surface area contributed by atoms with Gasteiger partial charge in [-0.1, -0.05) is 18.2 Å². The standard InChI is InChI=1S/C14H12N2O3S/c1-19-12(13-16-11(7-20-13)14(17)18)9-6-15-10-5-3-2-4-8(9)10/h2-7,12,15H,1H3,(H,17,18). The van der Waals surface area contributed by atoms with Crippen LogP contribution >= 0.6 is 11.3 Å². The van der Waals surface area contributed by atoms with Crippen LogP contribution in [0.4, 0.5) is 0 Å². The second-order valence-corrected chi connectivity index (χ2v) is 5.17. The Bertz CT molecular complexity index is 762. The van der Waals surface area contributed by atoms with Crippen LogP contribution < -0.4 is 0 Å². The van der Waals surface area contributed by atoms with Crippen molar-refractivity contribution in [1.29, 1.82) is 0 Å². The summed E-state index contributed by atoms with van der Waals surface area (Å²) in [5.41, 5.74) is 2.01. The number of carbonyl (C=O) groups is 1. The summed E-state index contributed by atoms with van der Waals surface area (Å²) in [7, 11) is 1.59. The molecule has 0 bridgehead atoms. The molecule has 1 atom stereocenters. The Morgan fingerprint density at radius 3 is 2.95 bits per heavy atom. The number of H-pyrrole nitrogens is 1. The van der Waals surface area contributed by atoms with E-state index in [0.29, 0.717) is 5.01 Å². The average molecular weight is 288 g/mol. The molecule has 2 N–H and O–H groups in total. The van der Waals surface area contributed by atoms with Crippen molar-refractivity contribution in [2.24, 2.45) is 0 Å². The number of aromatic amines is 1. The van der Waals surface area contributed by atoms with Crippen molar-refractivity contribution >= 4 is 28.2 Å². The number of nitrogens with one attached hydrogen (secondary N) is 1. The van der Waals surface area contributed by atoms with Crippen molar-refractivity contribution in [3.8, 4) is 0 Å². The number of aromatic nitrogens is 2. The summed E-state index contributed by atoms with van der Waals surface area (Å²) in [5.74, 6) is -1.03. The quantitative estimate of drug-likeness (QED) is 0.773. The minimum Gasteiger partial charge on any atom is -0.476 e. The maximum absolute atomic E-state index is 10.9. The Balaban J connectivity index is 2.06. The molecule has 0 amide bonds. The van der Waals surface area contributed by atoms with Crippen molar-refractivity contribution in [3.63, 3.8) is 0 Å². The van der Waals surface area contributed by atoms with Gasteiger partial charge in [0.2, 0.25) is 0 Å². The molecule has 0 aliphatic heterocycles. The lowest BCUT2D eigenvalue weighted by Crippen LogP contribution is -2.04. The van der Waals surface area contributed by atoms with E-state index in [1.54, 1.807) is 7.11 Å². The van der Waals surface area contributed by atoms with E-state index in [0.717, 1.165) is 16.5 Å². The monoisotopic (exact) mass is 288 g/mol. The summed E-state index contributed by atoms with van der Waals surface area (Å²) in [6, 6.07) is 7.89. The van der Waals surface area contributed by atoms with Crippen LogP contribution in [0.3, 0.4) is 0 Å². The second-order valence-electron chi connectivity index (χ2n) is 4.28. The van der Waals surface area contributed by atoms with Gasteiger partial charge in [-0.3, -0.25) is 0 Å². The zero-order chi connectivity index (χ0) is 14.1. The molecule has 0 aliphatic rings. The summed E-state index contributed by atoms with van der Waals surface area (Å²) < 4.78 is 5.52. The van der Waals surface area contributed by atoms with E-state index in [2.05, 4.69) is 9.97 Å². The van der Waals surface area contributed by atoms with Gasteiger partial charge in [0.25, 0.3) is 0 Å². The van der Waals surface area contributed by atoms with Crippen molar-refractivity contribution in [1.82, 2.24) is 9.97 Å². The number of nitrogens with zero attached hydrogens (tertiary/aromatic N) is 1. The molecule has 0 fully saturated rings. The van der Waals surface area contributed by atoms with E-state index in [-0.39, 0.29) is 11.8 Å². The predicted molar refractivity (Wildman–Crippen MR) is 76.2 cm³/mol. The Morgan fingerprint density at radius 1 is 1.45 bits per heavy atom. The highest BCUT2D eigenvalue weighted by Crippen LogP contribution is 2.32. The van der Waals surface area contributed by atoms with Crippen molar-refractivity contribution in [2.45, 2.75) is 6.10 Å². The van der Waals surface area contributed by atoms with E-state index in [1.807, 2.05) is 30.5 Å². The predicted octanol–water partition coefficient (Wildman–Crippen LogP) is 3.06. The molecule has 0 spiro atoms.